The molecule has 0 amide bonds. The third-order valence-corrected chi connectivity index (χ3v) is 3.70. The number of H-pyrrole nitrogens is 2. The smallest absolute Gasteiger partial charge is 0.323 e. The Labute approximate surface area is 108 Å². The zero-order chi connectivity index (χ0) is 13.3. The average molecular weight is 266 g/mol. The molecule has 1 aromatic carbocycles. The lowest BCUT2D eigenvalue weighted by Crippen LogP contribution is -2.28. The van der Waals surface area contributed by atoms with Gasteiger partial charge < -0.3 is 14.7 Å². The van der Waals surface area contributed by atoms with Crippen LogP contribution in [0.25, 0.3) is 11.0 Å². The molecule has 0 unspecified atom stereocenters. The van der Waals surface area contributed by atoms with Gasteiger partial charge in [-0.1, -0.05) is 0 Å². The van der Waals surface area contributed by atoms with Crippen LogP contribution in [0, 0.1) is 0 Å². The van der Waals surface area contributed by atoms with E-state index in [2.05, 4.69) is 9.97 Å². The van der Waals surface area contributed by atoms with Crippen LogP contribution in [-0.4, -0.2) is 27.8 Å². The largest absolute Gasteiger partial charge is 0.468 e. The number of carbonyl (C=O) groups excluding carboxylic acids is 1. The van der Waals surface area contributed by atoms with Crippen molar-refractivity contribution in [1.82, 2.24) is 9.97 Å². The van der Waals surface area contributed by atoms with Gasteiger partial charge in [0.15, 0.2) is 0 Å². The minimum Gasteiger partial charge on any atom is -0.468 e. The summed E-state index contributed by atoms with van der Waals surface area (Å²) >= 11 is 1.39. The summed E-state index contributed by atoms with van der Waals surface area (Å²) in [7, 11) is 1.37. The molecule has 1 aromatic heterocycles. The number of hydrogen-bond donors (Lipinski definition) is 2. The lowest BCUT2D eigenvalue weighted by molar-refractivity contribution is -0.142. The SMILES string of the molecule is COC(=O)C(C)(C)Sc1ccc2[nH]c(=O)[nH]c2c1. The second-order valence-corrected chi connectivity index (χ2v) is 6.09. The highest BCUT2D eigenvalue weighted by Crippen LogP contribution is 2.34. The number of fused-ring (bicyclic) bond motifs is 1. The average Bonchev–Trinajstić information content (AvgIpc) is 2.66. The number of methoxy groups -OCH3 is 1. The van der Waals surface area contributed by atoms with Crippen LogP contribution in [0.2, 0.25) is 0 Å². The fourth-order valence-corrected chi connectivity index (χ4v) is 2.73. The Morgan fingerprint density at radius 1 is 1.28 bits per heavy atom. The van der Waals surface area contributed by atoms with Gasteiger partial charge >= 0.3 is 11.7 Å². The Kier molecular flexibility index (Phi) is 3.21. The minimum atomic E-state index is -0.668. The second-order valence-electron chi connectivity index (χ2n) is 4.39. The van der Waals surface area contributed by atoms with Crippen LogP contribution >= 0.6 is 11.8 Å². The summed E-state index contributed by atoms with van der Waals surface area (Å²) in [6.07, 6.45) is 0. The number of nitrogens with one attached hydrogen (secondary N) is 2. The van der Waals surface area contributed by atoms with Crippen LogP contribution in [-0.2, 0) is 9.53 Å². The highest BCUT2D eigenvalue weighted by molar-refractivity contribution is 8.01. The molecule has 0 aliphatic carbocycles. The zero-order valence-electron chi connectivity index (χ0n) is 10.4. The molecular formula is C12H14N2O3S. The van der Waals surface area contributed by atoms with Gasteiger partial charge in [0, 0.05) is 4.90 Å². The highest BCUT2D eigenvalue weighted by atomic mass is 32.2. The molecule has 2 N–H and O–H groups in total. The summed E-state index contributed by atoms with van der Waals surface area (Å²) in [5, 5.41) is 0. The van der Waals surface area contributed by atoms with Crippen molar-refractivity contribution < 1.29 is 9.53 Å². The molecule has 0 saturated carbocycles. The van der Waals surface area contributed by atoms with E-state index in [-0.39, 0.29) is 11.7 Å². The summed E-state index contributed by atoms with van der Waals surface area (Å²) in [6.45, 7) is 3.60. The van der Waals surface area contributed by atoms with Gasteiger partial charge in [0.05, 0.1) is 18.1 Å². The molecule has 0 spiro atoms. The molecule has 1 heterocycles. The van der Waals surface area contributed by atoms with Crippen molar-refractivity contribution in [3.8, 4) is 0 Å². The molecule has 0 fully saturated rings. The van der Waals surface area contributed by atoms with Crippen LogP contribution in [0.15, 0.2) is 27.9 Å². The van der Waals surface area contributed by atoms with Crippen LogP contribution in [0.1, 0.15) is 13.8 Å². The van der Waals surface area contributed by atoms with E-state index in [1.54, 1.807) is 13.8 Å². The van der Waals surface area contributed by atoms with Gasteiger partial charge in [-0.2, -0.15) is 0 Å². The van der Waals surface area contributed by atoms with E-state index in [9.17, 15) is 9.59 Å². The number of benzene rings is 1. The Hall–Kier alpha value is -1.69. The van der Waals surface area contributed by atoms with Crippen molar-refractivity contribution in [3.05, 3.63) is 28.7 Å². The highest BCUT2D eigenvalue weighted by Gasteiger charge is 2.30. The van der Waals surface area contributed by atoms with E-state index in [0.29, 0.717) is 0 Å². The van der Waals surface area contributed by atoms with Gasteiger partial charge in [-0.15, -0.1) is 11.8 Å². The number of aromatic amines is 2. The third kappa shape index (κ3) is 2.43. The molecular weight excluding hydrogens is 252 g/mol. The van der Waals surface area contributed by atoms with Crippen molar-refractivity contribution in [3.63, 3.8) is 0 Å². The fraction of sp³-hybridized carbons (Fsp3) is 0.333. The number of thioether (sulfide) groups is 1. The third-order valence-electron chi connectivity index (χ3n) is 2.54. The van der Waals surface area contributed by atoms with Crippen LogP contribution in [0.4, 0.5) is 0 Å². The molecule has 0 aliphatic rings. The number of carbonyl (C=O) groups is 1. The fourth-order valence-electron chi connectivity index (χ4n) is 1.66. The Balaban J connectivity index is 2.32. The molecule has 0 atom stereocenters. The summed E-state index contributed by atoms with van der Waals surface area (Å²) < 4.78 is 4.09. The van der Waals surface area contributed by atoms with E-state index >= 15 is 0 Å². The summed E-state index contributed by atoms with van der Waals surface area (Å²) in [4.78, 5) is 29.0. The molecule has 0 aliphatic heterocycles. The van der Waals surface area contributed by atoms with Crippen LogP contribution < -0.4 is 5.69 Å². The predicted molar refractivity (Wildman–Crippen MR) is 70.9 cm³/mol. The van der Waals surface area contributed by atoms with E-state index in [0.717, 1.165) is 15.9 Å². The zero-order valence-corrected chi connectivity index (χ0v) is 11.2. The van der Waals surface area contributed by atoms with E-state index in [1.165, 1.54) is 18.9 Å². The number of aromatic nitrogens is 2. The van der Waals surface area contributed by atoms with E-state index < -0.39 is 4.75 Å². The van der Waals surface area contributed by atoms with Gasteiger partial charge in [-0.3, -0.25) is 4.79 Å². The molecule has 2 aromatic rings. The summed E-state index contributed by atoms with van der Waals surface area (Å²) in [5.74, 6) is -0.282. The molecule has 0 bridgehead atoms. The van der Waals surface area contributed by atoms with Crippen molar-refractivity contribution >= 4 is 28.8 Å². The first-order valence-corrected chi connectivity index (χ1v) is 6.23. The van der Waals surface area contributed by atoms with Gasteiger partial charge in [-0.25, -0.2) is 4.79 Å². The maximum atomic E-state index is 11.6. The molecule has 0 saturated heterocycles. The molecule has 96 valence electrons. The lowest BCUT2D eigenvalue weighted by Gasteiger charge is -2.20. The molecule has 5 nitrogen and oxygen atoms in total. The van der Waals surface area contributed by atoms with Crippen molar-refractivity contribution in [2.45, 2.75) is 23.5 Å². The Morgan fingerprint density at radius 3 is 2.61 bits per heavy atom. The first-order valence-electron chi connectivity index (χ1n) is 5.42. The minimum absolute atomic E-state index is 0.237. The number of ether oxygens (including phenoxy) is 1. The van der Waals surface area contributed by atoms with Gasteiger partial charge in [-0.05, 0) is 32.0 Å². The maximum absolute atomic E-state index is 11.6. The Bertz CT molecular complexity index is 642. The standard InChI is InChI=1S/C12H14N2O3S/c1-12(2,10(15)17-3)18-7-4-5-8-9(6-7)14-11(16)13-8/h4-6H,1-3H3,(H2,13,14,16). The van der Waals surface area contributed by atoms with Gasteiger partial charge in [0.1, 0.15) is 4.75 Å². The van der Waals surface area contributed by atoms with E-state index in [1.807, 2.05) is 18.2 Å². The van der Waals surface area contributed by atoms with Crippen LogP contribution in [0.5, 0.6) is 0 Å². The summed E-state index contributed by atoms with van der Waals surface area (Å²) in [5.41, 5.74) is 1.24. The van der Waals surface area contributed by atoms with E-state index in [4.69, 9.17) is 4.74 Å². The lowest BCUT2D eigenvalue weighted by atomic mass is 10.2. The number of esters is 1. The van der Waals surface area contributed by atoms with Crippen LogP contribution in [0.3, 0.4) is 0 Å². The van der Waals surface area contributed by atoms with Crippen molar-refractivity contribution in [2.75, 3.05) is 7.11 Å². The molecule has 2 rings (SSSR count). The first kappa shape index (κ1) is 12.8. The topological polar surface area (TPSA) is 75.0 Å². The maximum Gasteiger partial charge on any atom is 0.323 e. The molecule has 6 heteroatoms. The number of rotatable bonds is 3. The molecule has 18 heavy (non-hydrogen) atoms. The second kappa shape index (κ2) is 4.53. The first-order chi connectivity index (χ1) is 8.42. The predicted octanol–water partition coefficient (Wildman–Crippen LogP) is 1.90. The quantitative estimate of drug-likeness (QED) is 0.657. The normalized spacial score (nSPS) is 11.7. The van der Waals surface area contributed by atoms with Gasteiger partial charge in [0.25, 0.3) is 0 Å². The van der Waals surface area contributed by atoms with Crippen molar-refractivity contribution in [2.24, 2.45) is 0 Å². The summed E-state index contributed by atoms with van der Waals surface area (Å²) in [6, 6.07) is 5.51. The monoisotopic (exact) mass is 266 g/mol. The number of imidazole rings is 1. The molecule has 0 radical (unpaired) electrons. The Morgan fingerprint density at radius 2 is 1.94 bits per heavy atom. The van der Waals surface area contributed by atoms with Gasteiger partial charge in [0.2, 0.25) is 0 Å². The van der Waals surface area contributed by atoms with Crippen molar-refractivity contribution in [1.29, 1.82) is 0 Å². The number of hydrogen-bond acceptors (Lipinski definition) is 4.